The van der Waals surface area contributed by atoms with E-state index in [1.165, 1.54) is 0 Å². The summed E-state index contributed by atoms with van der Waals surface area (Å²) in [7, 11) is 0. The summed E-state index contributed by atoms with van der Waals surface area (Å²) in [6.45, 7) is 3.95. The van der Waals surface area contributed by atoms with Crippen molar-refractivity contribution >= 4 is 17.3 Å². The zero-order chi connectivity index (χ0) is 14.5. The summed E-state index contributed by atoms with van der Waals surface area (Å²) < 4.78 is 0. The fraction of sp³-hybridized carbons (Fsp3) is 0.533. The van der Waals surface area contributed by atoms with Crippen molar-refractivity contribution < 1.29 is 9.90 Å². The lowest BCUT2D eigenvalue weighted by molar-refractivity contribution is -0.117. The molecule has 5 heteroatoms. The molecule has 110 valence electrons. The first-order valence-electron chi connectivity index (χ1n) is 7.10. The summed E-state index contributed by atoms with van der Waals surface area (Å²) in [6.07, 6.45) is 1.64. The highest BCUT2D eigenvalue weighted by Crippen LogP contribution is 2.20. The summed E-state index contributed by atoms with van der Waals surface area (Å²) in [5.41, 5.74) is 7.05. The van der Waals surface area contributed by atoms with Crippen LogP contribution in [-0.2, 0) is 4.79 Å². The smallest absolute Gasteiger partial charge is 0.238 e. The molecule has 0 bridgehead atoms. The highest BCUT2D eigenvalue weighted by molar-refractivity contribution is 5.92. The van der Waals surface area contributed by atoms with Gasteiger partial charge < -0.3 is 16.2 Å². The Morgan fingerprint density at radius 3 is 2.80 bits per heavy atom. The molecule has 20 heavy (non-hydrogen) atoms. The number of piperidine rings is 1. The molecule has 1 amide bonds. The average Bonchev–Trinajstić information content (AvgIpc) is 2.39. The lowest BCUT2D eigenvalue weighted by Gasteiger charge is -2.32. The third-order valence-electron chi connectivity index (χ3n) is 3.85. The Kier molecular flexibility index (Phi) is 4.98. The van der Waals surface area contributed by atoms with Crippen LogP contribution >= 0.6 is 0 Å². The molecule has 1 aliphatic rings. The summed E-state index contributed by atoms with van der Waals surface area (Å²) in [5.74, 6) is 0.342. The lowest BCUT2D eigenvalue weighted by Crippen LogP contribution is -2.41. The zero-order valence-electron chi connectivity index (χ0n) is 11.9. The van der Waals surface area contributed by atoms with Gasteiger partial charge in [0.1, 0.15) is 0 Å². The van der Waals surface area contributed by atoms with Gasteiger partial charge in [0.15, 0.2) is 0 Å². The number of likely N-dealkylation sites (tertiary alicyclic amines) is 1. The van der Waals surface area contributed by atoms with Gasteiger partial charge in [0.2, 0.25) is 5.91 Å². The molecule has 1 saturated heterocycles. The molecular weight excluding hydrogens is 254 g/mol. The molecule has 2 rings (SSSR count). The van der Waals surface area contributed by atoms with Crippen LogP contribution in [0.15, 0.2) is 24.3 Å². The standard InChI is InChI=1S/C15H23N3O2/c1-11(19)12-5-7-18(8-6-12)10-15(20)17-14-4-2-3-13(16)9-14/h2-4,9,11-12,19H,5-8,10,16H2,1H3,(H,17,20). The van der Waals surface area contributed by atoms with E-state index in [2.05, 4.69) is 10.2 Å². The van der Waals surface area contributed by atoms with E-state index in [0.717, 1.165) is 31.6 Å². The number of nitrogen functional groups attached to an aromatic ring is 1. The second-order valence-electron chi connectivity index (χ2n) is 5.53. The monoisotopic (exact) mass is 277 g/mol. The highest BCUT2D eigenvalue weighted by atomic mass is 16.3. The number of hydrogen-bond donors (Lipinski definition) is 3. The van der Waals surface area contributed by atoms with Crippen molar-refractivity contribution in [3.05, 3.63) is 24.3 Å². The first kappa shape index (κ1) is 14.8. The van der Waals surface area contributed by atoms with E-state index in [-0.39, 0.29) is 12.0 Å². The number of aliphatic hydroxyl groups is 1. The van der Waals surface area contributed by atoms with Gasteiger partial charge in [0.25, 0.3) is 0 Å². The number of nitrogens with two attached hydrogens (primary N) is 1. The Hall–Kier alpha value is -1.59. The Balaban J connectivity index is 1.78. The van der Waals surface area contributed by atoms with Gasteiger partial charge in [-0.1, -0.05) is 6.07 Å². The van der Waals surface area contributed by atoms with E-state index in [1.807, 2.05) is 19.1 Å². The minimum atomic E-state index is -0.252. The molecule has 1 atom stereocenters. The molecule has 1 aromatic rings. The second-order valence-corrected chi connectivity index (χ2v) is 5.53. The molecule has 0 aromatic heterocycles. The first-order valence-corrected chi connectivity index (χ1v) is 7.10. The molecule has 1 heterocycles. The van der Waals surface area contributed by atoms with Crippen molar-refractivity contribution in [3.8, 4) is 0 Å². The predicted octanol–water partition coefficient (Wildman–Crippen LogP) is 1.30. The molecule has 0 aliphatic carbocycles. The van der Waals surface area contributed by atoms with Crippen LogP contribution in [0.5, 0.6) is 0 Å². The number of amides is 1. The van der Waals surface area contributed by atoms with Crippen molar-refractivity contribution in [2.75, 3.05) is 30.7 Å². The van der Waals surface area contributed by atoms with E-state index in [0.29, 0.717) is 18.2 Å². The minimum Gasteiger partial charge on any atom is -0.399 e. The number of benzene rings is 1. The molecule has 0 radical (unpaired) electrons. The fourth-order valence-electron chi connectivity index (χ4n) is 2.61. The fourth-order valence-corrected chi connectivity index (χ4v) is 2.61. The Morgan fingerprint density at radius 2 is 2.20 bits per heavy atom. The quantitative estimate of drug-likeness (QED) is 0.725. The number of aliphatic hydroxyl groups excluding tert-OH is 1. The summed E-state index contributed by atoms with van der Waals surface area (Å²) in [4.78, 5) is 14.1. The van der Waals surface area contributed by atoms with E-state index in [1.54, 1.807) is 12.1 Å². The molecular formula is C15H23N3O2. The number of carbonyl (C=O) groups is 1. The van der Waals surface area contributed by atoms with Crippen LogP contribution in [0.3, 0.4) is 0 Å². The van der Waals surface area contributed by atoms with Crippen molar-refractivity contribution in [1.82, 2.24) is 4.90 Å². The Morgan fingerprint density at radius 1 is 1.50 bits per heavy atom. The first-order chi connectivity index (χ1) is 9.54. The van der Waals surface area contributed by atoms with Crippen LogP contribution in [0.4, 0.5) is 11.4 Å². The average molecular weight is 277 g/mol. The van der Waals surface area contributed by atoms with Gasteiger partial charge in [-0.25, -0.2) is 0 Å². The van der Waals surface area contributed by atoms with Crippen LogP contribution in [0, 0.1) is 5.92 Å². The zero-order valence-corrected chi connectivity index (χ0v) is 11.9. The molecule has 5 nitrogen and oxygen atoms in total. The number of nitrogens with zero attached hydrogens (tertiary/aromatic N) is 1. The van der Waals surface area contributed by atoms with Gasteiger partial charge in [-0.05, 0) is 57.0 Å². The maximum Gasteiger partial charge on any atom is 0.238 e. The van der Waals surface area contributed by atoms with E-state index in [9.17, 15) is 9.90 Å². The van der Waals surface area contributed by atoms with Crippen LogP contribution in [0.2, 0.25) is 0 Å². The minimum absolute atomic E-state index is 0.0221. The Bertz CT molecular complexity index is 454. The van der Waals surface area contributed by atoms with Crippen molar-refractivity contribution in [3.63, 3.8) is 0 Å². The van der Waals surface area contributed by atoms with Crippen molar-refractivity contribution in [2.24, 2.45) is 5.92 Å². The SMILES string of the molecule is CC(O)C1CCN(CC(=O)Nc2cccc(N)c2)CC1. The molecule has 1 aromatic carbocycles. The number of nitrogens with one attached hydrogen (secondary N) is 1. The van der Waals surface area contributed by atoms with Gasteiger partial charge in [-0.2, -0.15) is 0 Å². The third-order valence-corrected chi connectivity index (χ3v) is 3.85. The molecule has 1 unspecified atom stereocenters. The Labute approximate surface area is 119 Å². The number of rotatable bonds is 4. The summed E-state index contributed by atoms with van der Waals surface area (Å²) in [6, 6.07) is 7.18. The van der Waals surface area contributed by atoms with Gasteiger partial charge >= 0.3 is 0 Å². The molecule has 0 saturated carbocycles. The predicted molar refractivity (Wildman–Crippen MR) is 80.3 cm³/mol. The van der Waals surface area contributed by atoms with Gasteiger partial charge in [0, 0.05) is 11.4 Å². The maximum atomic E-state index is 12.0. The van der Waals surface area contributed by atoms with E-state index < -0.39 is 0 Å². The van der Waals surface area contributed by atoms with Crippen LogP contribution in [0.25, 0.3) is 0 Å². The van der Waals surface area contributed by atoms with Gasteiger partial charge in [-0.15, -0.1) is 0 Å². The van der Waals surface area contributed by atoms with Crippen molar-refractivity contribution in [2.45, 2.75) is 25.9 Å². The largest absolute Gasteiger partial charge is 0.399 e. The molecule has 1 fully saturated rings. The third kappa shape index (κ3) is 4.21. The summed E-state index contributed by atoms with van der Waals surface area (Å²) in [5, 5.41) is 12.4. The van der Waals surface area contributed by atoms with E-state index in [4.69, 9.17) is 5.73 Å². The lowest BCUT2D eigenvalue weighted by atomic mass is 9.92. The summed E-state index contributed by atoms with van der Waals surface area (Å²) >= 11 is 0. The normalized spacial score (nSPS) is 18.7. The number of carbonyl (C=O) groups excluding carboxylic acids is 1. The second kappa shape index (κ2) is 6.72. The number of anilines is 2. The van der Waals surface area contributed by atoms with E-state index >= 15 is 0 Å². The van der Waals surface area contributed by atoms with Gasteiger partial charge in [0.05, 0.1) is 12.6 Å². The molecule has 4 N–H and O–H groups in total. The van der Waals surface area contributed by atoms with Crippen LogP contribution in [-0.4, -0.2) is 41.7 Å². The molecule has 1 aliphatic heterocycles. The highest BCUT2D eigenvalue weighted by Gasteiger charge is 2.23. The maximum absolute atomic E-state index is 12.0. The topological polar surface area (TPSA) is 78.6 Å². The van der Waals surface area contributed by atoms with Gasteiger partial charge in [-0.3, -0.25) is 9.69 Å². The van der Waals surface area contributed by atoms with Crippen LogP contribution in [0.1, 0.15) is 19.8 Å². The van der Waals surface area contributed by atoms with Crippen LogP contribution < -0.4 is 11.1 Å². The van der Waals surface area contributed by atoms with Crippen molar-refractivity contribution in [1.29, 1.82) is 0 Å². The number of hydrogen-bond acceptors (Lipinski definition) is 4. The molecule has 0 spiro atoms.